The zero-order valence-electron chi connectivity index (χ0n) is 16.7. The summed E-state index contributed by atoms with van der Waals surface area (Å²) < 4.78 is 19.1. The number of ether oxygens (including phenoxy) is 1. The maximum atomic E-state index is 13.5. The summed E-state index contributed by atoms with van der Waals surface area (Å²) in [5, 5.41) is 7.49. The highest BCUT2D eigenvalue weighted by Crippen LogP contribution is 2.19. The molecular formula is C21H27FIN5O. The van der Waals surface area contributed by atoms with Gasteiger partial charge in [-0.1, -0.05) is 6.07 Å². The van der Waals surface area contributed by atoms with E-state index >= 15 is 0 Å². The standard InChI is InChI=1S/C21H26FN5O.HI/c1-3-23-21(27-14-16-6-5-10-24-20(16)28-4-2)25-11-9-15-13-26-19-8-7-17(22)12-18(15)19;/h5-8,10,12-13,26H,3-4,9,11,14H2,1-2H3,(H2,23,25,27);1H. The van der Waals surface area contributed by atoms with Gasteiger partial charge < -0.3 is 20.4 Å². The molecule has 0 radical (unpaired) electrons. The SMILES string of the molecule is CCNC(=NCc1cccnc1OCC)NCCc1c[nH]c2ccc(F)cc12.I. The van der Waals surface area contributed by atoms with Crippen LogP contribution in [-0.2, 0) is 13.0 Å². The van der Waals surface area contributed by atoms with Crippen LogP contribution in [0.4, 0.5) is 4.39 Å². The largest absolute Gasteiger partial charge is 0.478 e. The monoisotopic (exact) mass is 511 g/mol. The van der Waals surface area contributed by atoms with Crippen LogP contribution in [0.5, 0.6) is 5.88 Å². The molecule has 0 aliphatic carbocycles. The van der Waals surface area contributed by atoms with E-state index in [0.29, 0.717) is 25.6 Å². The molecule has 0 saturated carbocycles. The maximum absolute atomic E-state index is 13.5. The molecule has 1 aromatic carbocycles. The van der Waals surface area contributed by atoms with Gasteiger partial charge in [0.15, 0.2) is 5.96 Å². The summed E-state index contributed by atoms with van der Waals surface area (Å²) in [4.78, 5) is 12.1. The van der Waals surface area contributed by atoms with Gasteiger partial charge in [0.1, 0.15) is 5.82 Å². The van der Waals surface area contributed by atoms with Crippen molar-refractivity contribution in [3.05, 3.63) is 59.7 Å². The van der Waals surface area contributed by atoms with E-state index in [-0.39, 0.29) is 29.8 Å². The van der Waals surface area contributed by atoms with Gasteiger partial charge in [-0.2, -0.15) is 0 Å². The van der Waals surface area contributed by atoms with E-state index in [0.717, 1.165) is 41.0 Å². The van der Waals surface area contributed by atoms with Crippen LogP contribution >= 0.6 is 24.0 Å². The molecule has 3 N–H and O–H groups in total. The fraction of sp³-hybridized carbons (Fsp3) is 0.333. The molecule has 0 aliphatic heterocycles. The Labute approximate surface area is 187 Å². The number of rotatable bonds is 8. The van der Waals surface area contributed by atoms with Crippen LogP contribution in [0.1, 0.15) is 25.0 Å². The van der Waals surface area contributed by atoms with Gasteiger partial charge in [0.25, 0.3) is 0 Å². The fourth-order valence-electron chi connectivity index (χ4n) is 2.99. The fourth-order valence-corrected chi connectivity index (χ4v) is 2.99. The number of pyridine rings is 1. The van der Waals surface area contributed by atoms with Crippen molar-refractivity contribution in [3.8, 4) is 5.88 Å². The molecule has 0 aliphatic rings. The van der Waals surface area contributed by atoms with Crippen molar-refractivity contribution in [1.82, 2.24) is 20.6 Å². The van der Waals surface area contributed by atoms with Crippen molar-refractivity contribution in [2.75, 3.05) is 19.7 Å². The normalized spacial score (nSPS) is 11.2. The average Bonchev–Trinajstić information content (AvgIpc) is 3.09. The number of H-pyrrole nitrogens is 1. The summed E-state index contributed by atoms with van der Waals surface area (Å²) in [7, 11) is 0. The van der Waals surface area contributed by atoms with Crippen molar-refractivity contribution < 1.29 is 9.13 Å². The molecule has 8 heteroatoms. The summed E-state index contributed by atoms with van der Waals surface area (Å²) in [5.41, 5.74) is 2.95. The molecule has 2 heterocycles. The number of benzene rings is 1. The Morgan fingerprint density at radius 2 is 2.07 bits per heavy atom. The molecule has 0 unspecified atom stereocenters. The molecule has 156 valence electrons. The van der Waals surface area contributed by atoms with Crippen molar-refractivity contribution in [1.29, 1.82) is 0 Å². The highest BCUT2D eigenvalue weighted by atomic mass is 127. The van der Waals surface area contributed by atoms with Gasteiger partial charge in [-0.15, -0.1) is 24.0 Å². The number of nitrogens with zero attached hydrogens (tertiary/aromatic N) is 2. The van der Waals surface area contributed by atoms with Gasteiger partial charge in [0.2, 0.25) is 5.88 Å². The van der Waals surface area contributed by atoms with Crippen molar-refractivity contribution >= 4 is 40.8 Å². The number of aromatic nitrogens is 2. The van der Waals surface area contributed by atoms with E-state index < -0.39 is 0 Å². The number of fused-ring (bicyclic) bond motifs is 1. The van der Waals surface area contributed by atoms with Gasteiger partial charge in [0, 0.05) is 41.9 Å². The smallest absolute Gasteiger partial charge is 0.218 e. The molecule has 0 spiro atoms. The molecule has 0 atom stereocenters. The van der Waals surface area contributed by atoms with Crippen molar-refractivity contribution in [3.63, 3.8) is 0 Å². The Balaban J connectivity index is 0.00000300. The second-order valence-corrected chi connectivity index (χ2v) is 6.28. The summed E-state index contributed by atoms with van der Waals surface area (Å²) in [6.45, 7) is 6.43. The minimum absolute atomic E-state index is 0. The van der Waals surface area contributed by atoms with E-state index in [4.69, 9.17) is 4.74 Å². The number of halogens is 2. The van der Waals surface area contributed by atoms with E-state index in [2.05, 4.69) is 25.6 Å². The second kappa shape index (κ2) is 11.6. The van der Waals surface area contributed by atoms with Crippen LogP contribution in [-0.4, -0.2) is 35.6 Å². The number of aromatic amines is 1. The van der Waals surface area contributed by atoms with Gasteiger partial charge in [-0.3, -0.25) is 0 Å². The van der Waals surface area contributed by atoms with Crippen LogP contribution < -0.4 is 15.4 Å². The third-order valence-electron chi connectivity index (χ3n) is 4.30. The first kappa shape index (κ1) is 22.9. The lowest BCUT2D eigenvalue weighted by molar-refractivity contribution is 0.323. The highest BCUT2D eigenvalue weighted by Gasteiger charge is 2.07. The van der Waals surface area contributed by atoms with Crippen LogP contribution in [0.2, 0.25) is 0 Å². The first-order chi connectivity index (χ1) is 13.7. The van der Waals surface area contributed by atoms with E-state index in [1.54, 1.807) is 18.3 Å². The van der Waals surface area contributed by atoms with Gasteiger partial charge in [-0.05, 0) is 50.1 Å². The number of hydrogen-bond donors (Lipinski definition) is 3. The summed E-state index contributed by atoms with van der Waals surface area (Å²) in [6, 6.07) is 8.64. The molecule has 3 aromatic rings. The molecule has 6 nitrogen and oxygen atoms in total. The molecule has 0 bridgehead atoms. The summed E-state index contributed by atoms with van der Waals surface area (Å²) >= 11 is 0. The van der Waals surface area contributed by atoms with Gasteiger partial charge >= 0.3 is 0 Å². The number of aliphatic imine (C=N–C) groups is 1. The van der Waals surface area contributed by atoms with Gasteiger partial charge in [0.05, 0.1) is 13.2 Å². The van der Waals surface area contributed by atoms with Crippen LogP contribution in [0, 0.1) is 5.82 Å². The predicted molar refractivity (Wildman–Crippen MR) is 126 cm³/mol. The number of nitrogens with one attached hydrogen (secondary N) is 3. The first-order valence-corrected chi connectivity index (χ1v) is 9.55. The van der Waals surface area contributed by atoms with Crippen LogP contribution in [0.15, 0.2) is 47.7 Å². The lowest BCUT2D eigenvalue weighted by atomic mass is 10.1. The van der Waals surface area contributed by atoms with Gasteiger partial charge in [-0.25, -0.2) is 14.4 Å². The summed E-state index contributed by atoms with van der Waals surface area (Å²) in [5.74, 6) is 1.11. The quantitative estimate of drug-likeness (QED) is 0.243. The topological polar surface area (TPSA) is 74.3 Å². The highest BCUT2D eigenvalue weighted by molar-refractivity contribution is 14.0. The Hall–Kier alpha value is -2.36. The number of hydrogen-bond acceptors (Lipinski definition) is 3. The average molecular weight is 511 g/mol. The lowest BCUT2D eigenvalue weighted by Crippen LogP contribution is -2.38. The molecule has 3 rings (SSSR count). The van der Waals surface area contributed by atoms with Crippen molar-refractivity contribution in [2.45, 2.75) is 26.8 Å². The zero-order chi connectivity index (χ0) is 19.8. The van der Waals surface area contributed by atoms with Crippen LogP contribution in [0.25, 0.3) is 10.9 Å². The third kappa shape index (κ3) is 6.31. The second-order valence-electron chi connectivity index (χ2n) is 6.28. The Kier molecular flexibility index (Phi) is 9.17. The molecule has 29 heavy (non-hydrogen) atoms. The van der Waals surface area contributed by atoms with E-state index in [9.17, 15) is 4.39 Å². The molecule has 0 fully saturated rings. The zero-order valence-corrected chi connectivity index (χ0v) is 19.0. The van der Waals surface area contributed by atoms with E-state index in [1.807, 2.05) is 32.2 Å². The minimum atomic E-state index is -0.224. The minimum Gasteiger partial charge on any atom is -0.478 e. The maximum Gasteiger partial charge on any atom is 0.218 e. The lowest BCUT2D eigenvalue weighted by Gasteiger charge is -2.12. The molecule has 0 saturated heterocycles. The molecule has 2 aromatic heterocycles. The Morgan fingerprint density at radius 1 is 1.21 bits per heavy atom. The summed E-state index contributed by atoms with van der Waals surface area (Å²) in [6.07, 6.45) is 4.40. The Morgan fingerprint density at radius 3 is 2.86 bits per heavy atom. The van der Waals surface area contributed by atoms with E-state index in [1.165, 1.54) is 6.07 Å². The third-order valence-corrected chi connectivity index (χ3v) is 4.30. The van der Waals surface area contributed by atoms with Crippen LogP contribution in [0.3, 0.4) is 0 Å². The Bertz CT molecular complexity index is 944. The predicted octanol–water partition coefficient (Wildman–Crippen LogP) is 4.02. The molecular weight excluding hydrogens is 484 g/mol. The number of guanidine groups is 1. The molecule has 0 amide bonds. The first-order valence-electron chi connectivity index (χ1n) is 9.55. The van der Waals surface area contributed by atoms with Crippen molar-refractivity contribution in [2.24, 2.45) is 4.99 Å².